The van der Waals surface area contributed by atoms with Crippen molar-refractivity contribution >= 4 is 33.4 Å². The van der Waals surface area contributed by atoms with E-state index in [-0.39, 0.29) is 11.4 Å². The number of nitrogens with zero attached hydrogens (tertiary/aromatic N) is 1. The Labute approximate surface area is 117 Å². The lowest BCUT2D eigenvalue weighted by atomic mass is 10.2. The van der Waals surface area contributed by atoms with Gasteiger partial charge in [-0.05, 0) is 53.2 Å². The molecule has 0 saturated carbocycles. The fraction of sp³-hybridized carbons (Fsp3) is 0.0769. The summed E-state index contributed by atoms with van der Waals surface area (Å²) >= 11 is 3.22. The summed E-state index contributed by atoms with van der Waals surface area (Å²) in [5, 5.41) is 11.9. The summed E-state index contributed by atoms with van der Waals surface area (Å²) in [7, 11) is 0. The second-order valence-corrected chi connectivity index (χ2v) is 4.79. The van der Waals surface area contributed by atoms with Gasteiger partial charge in [0, 0.05) is 10.2 Å². The van der Waals surface area contributed by atoms with Gasteiger partial charge in [0.05, 0.1) is 11.3 Å². The van der Waals surface area contributed by atoms with Crippen LogP contribution in [0, 0.1) is 12.7 Å². The van der Waals surface area contributed by atoms with Crippen molar-refractivity contribution in [2.24, 2.45) is 0 Å². The molecule has 0 unspecified atom stereocenters. The van der Waals surface area contributed by atoms with Gasteiger partial charge in [-0.25, -0.2) is 14.2 Å². The lowest BCUT2D eigenvalue weighted by Gasteiger charge is -2.09. The molecule has 1 heterocycles. The molecule has 98 valence electrons. The van der Waals surface area contributed by atoms with Crippen LogP contribution in [0.4, 0.5) is 15.9 Å². The highest BCUT2D eigenvalue weighted by Crippen LogP contribution is 2.26. The zero-order chi connectivity index (χ0) is 14.0. The Morgan fingerprint density at radius 3 is 2.74 bits per heavy atom. The standard InChI is InChI=1S/C13H10BrFN2O2/c1-7-4-8(13(18)19)5-12(16-7)17-11-3-2-9(15)6-10(11)14/h2-6H,1H3,(H,16,17)(H,18,19). The van der Waals surface area contributed by atoms with Crippen LogP contribution < -0.4 is 5.32 Å². The van der Waals surface area contributed by atoms with Gasteiger partial charge in [0.15, 0.2) is 0 Å². The molecule has 0 fully saturated rings. The lowest BCUT2D eigenvalue weighted by Crippen LogP contribution is -2.02. The summed E-state index contributed by atoms with van der Waals surface area (Å²) in [5.74, 6) is -0.989. The molecule has 0 amide bonds. The molecule has 0 aliphatic heterocycles. The van der Waals surface area contributed by atoms with E-state index in [0.717, 1.165) is 0 Å². The van der Waals surface area contributed by atoms with E-state index in [1.807, 2.05) is 0 Å². The lowest BCUT2D eigenvalue weighted by molar-refractivity contribution is 0.0696. The van der Waals surface area contributed by atoms with Gasteiger partial charge in [0.25, 0.3) is 0 Å². The van der Waals surface area contributed by atoms with Crippen LogP contribution in [0.5, 0.6) is 0 Å². The van der Waals surface area contributed by atoms with Gasteiger partial charge >= 0.3 is 5.97 Å². The summed E-state index contributed by atoms with van der Waals surface area (Å²) in [6, 6.07) is 7.07. The number of aryl methyl sites for hydroxylation is 1. The number of hydrogen-bond acceptors (Lipinski definition) is 3. The van der Waals surface area contributed by atoms with Crippen molar-refractivity contribution < 1.29 is 14.3 Å². The highest BCUT2D eigenvalue weighted by atomic mass is 79.9. The third kappa shape index (κ3) is 3.29. The predicted octanol–water partition coefficient (Wildman–Crippen LogP) is 3.73. The second kappa shape index (κ2) is 5.36. The molecule has 2 N–H and O–H groups in total. The third-order valence-corrected chi connectivity index (χ3v) is 3.05. The number of nitrogens with one attached hydrogen (secondary N) is 1. The SMILES string of the molecule is Cc1cc(C(=O)O)cc(Nc2ccc(F)cc2Br)n1. The number of rotatable bonds is 3. The summed E-state index contributed by atoms with van der Waals surface area (Å²) in [6.45, 7) is 1.71. The monoisotopic (exact) mass is 324 g/mol. The van der Waals surface area contributed by atoms with Crippen LogP contribution in [0.3, 0.4) is 0 Å². The molecule has 0 spiro atoms. The number of carbonyl (C=O) groups is 1. The van der Waals surface area contributed by atoms with Crippen molar-refractivity contribution in [3.05, 3.63) is 51.9 Å². The molecule has 0 saturated heterocycles. The first-order valence-electron chi connectivity index (χ1n) is 5.40. The van der Waals surface area contributed by atoms with E-state index in [9.17, 15) is 9.18 Å². The highest BCUT2D eigenvalue weighted by Gasteiger charge is 2.08. The molecule has 19 heavy (non-hydrogen) atoms. The van der Waals surface area contributed by atoms with Crippen LogP contribution >= 0.6 is 15.9 Å². The molecule has 0 aliphatic carbocycles. The van der Waals surface area contributed by atoms with Gasteiger partial charge in [-0.2, -0.15) is 0 Å². The number of pyridine rings is 1. The molecular weight excluding hydrogens is 315 g/mol. The molecule has 0 atom stereocenters. The van der Waals surface area contributed by atoms with Crippen LogP contribution in [0.15, 0.2) is 34.8 Å². The van der Waals surface area contributed by atoms with Gasteiger partial charge in [-0.3, -0.25) is 0 Å². The Morgan fingerprint density at radius 2 is 2.11 bits per heavy atom. The fourth-order valence-corrected chi connectivity index (χ4v) is 2.03. The summed E-state index contributed by atoms with van der Waals surface area (Å²) in [4.78, 5) is 15.1. The molecule has 4 nitrogen and oxygen atoms in total. The maximum absolute atomic E-state index is 13.0. The normalized spacial score (nSPS) is 10.3. The first-order valence-corrected chi connectivity index (χ1v) is 6.19. The minimum absolute atomic E-state index is 0.147. The summed E-state index contributed by atoms with van der Waals surface area (Å²) in [6.07, 6.45) is 0. The van der Waals surface area contributed by atoms with Crippen LogP contribution in [-0.4, -0.2) is 16.1 Å². The molecule has 0 aliphatic rings. The van der Waals surface area contributed by atoms with E-state index in [0.29, 0.717) is 21.7 Å². The Bertz CT molecular complexity index is 647. The van der Waals surface area contributed by atoms with E-state index in [1.54, 1.807) is 13.0 Å². The summed E-state index contributed by atoms with van der Waals surface area (Å²) < 4.78 is 13.5. The summed E-state index contributed by atoms with van der Waals surface area (Å²) in [5.41, 5.74) is 1.34. The average molecular weight is 325 g/mol. The number of carboxylic acids is 1. The number of halogens is 2. The first kappa shape index (κ1) is 13.5. The maximum atomic E-state index is 13.0. The molecule has 0 radical (unpaired) electrons. The Morgan fingerprint density at radius 1 is 1.37 bits per heavy atom. The average Bonchev–Trinajstić information content (AvgIpc) is 2.32. The number of carboxylic acid groups (broad SMARTS) is 1. The van der Waals surface area contributed by atoms with Gasteiger partial charge in [0.1, 0.15) is 11.6 Å². The maximum Gasteiger partial charge on any atom is 0.335 e. The molecule has 6 heteroatoms. The van der Waals surface area contributed by atoms with Crippen molar-refractivity contribution in [1.29, 1.82) is 0 Å². The van der Waals surface area contributed by atoms with Gasteiger partial charge in [-0.1, -0.05) is 0 Å². The van der Waals surface area contributed by atoms with Crippen molar-refractivity contribution in [3.8, 4) is 0 Å². The van der Waals surface area contributed by atoms with Crippen molar-refractivity contribution in [3.63, 3.8) is 0 Å². The Balaban J connectivity index is 2.35. The van der Waals surface area contributed by atoms with E-state index >= 15 is 0 Å². The van der Waals surface area contributed by atoms with E-state index < -0.39 is 5.97 Å². The molecule has 2 aromatic rings. The molecule has 1 aromatic heterocycles. The van der Waals surface area contributed by atoms with Crippen LogP contribution in [0.25, 0.3) is 0 Å². The zero-order valence-electron chi connectivity index (χ0n) is 9.95. The smallest absolute Gasteiger partial charge is 0.335 e. The quantitative estimate of drug-likeness (QED) is 0.902. The van der Waals surface area contributed by atoms with Crippen LogP contribution in [-0.2, 0) is 0 Å². The number of aromatic carboxylic acids is 1. The van der Waals surface area contributed by atoms with Crippen LogP contribution in [0.1, 0.15) is 16.1 Å². The number of anilines is 2. The van der Waals surface area contributed by atoms with E-state index in [1.165, 1.54) is 24.3 Å². The topological polar surface area (TPSA) is 62.2 Å². The predicted molar refractivity (Wildman–Crippen MR) is 73.3 cm³/mol. The van der Waals surface area contributed by atoms with Gasteiger partial charge in [-0.15, -0.1) is 0 Å². The number of hydrogen-bond donors (Lipinski definition) is 2. The van der Waals surface area contributed by atoms with Crippen molar-refractivity contribution in [1.82, 2.24) is 4.98 Å². The molecular formula is C13H10BrFN2O2. The van der Waals surface area contributed by atoms with Crippen molar-refractivity contribution in [2.75, 3.05) is 5.32 Å². The van der Waals surface area contributed by atoms with E-state index in [4.69, 9.17) is 5.11 Å². The molecule has 1 aromatic carbocycles. The molecule has 0 bridgehead atoms. The Kier molecular flexibility index (Phi) is 3.80. The third-order valence-electron chi connectivity index (χ3n) is 2.39. The largest absolute Gasteiger partial charge is 0.478 e. The Hall–Kier alpha value is -1.95. The first-order chi connectivity index (χ1) is 8.95. The van der Waals surface area contributed by atoms with Crippen molar-refractivity contribution in [2.45, 2.75) is 6.92 Å². The minimum atomic E-state index is -1.02. The number of aromatic nitrogens is 1. The highest BCUT2D eigenvalue weighted by molar-refractivity contribution is 9.10. The van der Waals surface area contributed by atoms with Gasteiger partial charge in [0.2, 0.25) is 0 Å². The van der Waals surface area contributed by atoms with E-state index in [2.05, 4.69) is 26.2 Å². The fourth-order valence-electron chi connectivity index (χ4n) is 1.58. The van der Waals surface area contributed by atoms with Gasteiger partial charge < -0.3 is 10.4 Å². The van der Waals surface area contributed by atoms with Crippen LogP contribution in [0.2, 0.25) is 0 Å². The number of benzene rings is 1. The molecule has 2 rings (SSSR count). The second-order valence-electron chi connectivity index (χ2n) is 3.94. The minimum Gasteiger partial charge on any atom is -0.478 e. The zero-order valence-corrected chi connectivity index (χ0v) is 11.5.